The van der Waals surface area contributed by atoms with Crippen molar-refractivity contribution < 1.29 is 9.90 Å². The molecule has 4 nitrogen and oxygen atoms in total. The molecule has 4 heteroatoms. The zero-order valence-corrected chi connectivity index (χ0v) is 10.1. The van der Waals surface area contributed by atoms with Crippen LogP contribution in [0.1, 0.15) is 43.7 Å². The number of carbonyl (C=O) groups excluding carboxylic acids is 1. The van der Waals surface area contributed by atoms with E-state index in [9.17, 15) is 4.79 Å². The molecule has 0 aromatic carbocycles. The summed E-state index contributed by atoms with van der Waals surface area (Å²) >= 11 is 0. The minimum Gasteiger partial charge on any atom is -0.394 e. The first-order valence-corrected chi connectivity index (χ1v) is 5.68. The molecule has 1 atom stereocenters. The molecule has 1 unspecified atom stereocenters. The molecule has 0 aliphatic heterocycles. The maximum Gasteiger partial charge on any atom is 0.268 e. The first kappa shape index (κ1) is 12.8. The van der Waals surface area contributed by atoms with Gasteiger partial charge in [0.15, 0.2) is 0 Å². The third-order valence-electron chi connectivity index (χ3n) is 2.62. The van der Waals surface area contributed by atoms with E-state index < -0.39 is 0 Å². The van der Waals surface area contributed by atoms with E-state index in [4.69, 9.17) is 5.11 Å². The minimum absolute atomic E-state index is 0.0232. The van der Waals surface area contributed by atoms with Crippen molar-refractivity contribution in [2.24, 2.45) is 0 Å². The number of aromatic nitrogens is 1. The van der Waals surface area contributed by atoms with Crippen LogP contribution in [0.3, 0.4) is 0 Å². The molecule has 1 rings (SSSR count). The summed E-state index contributed by atoms with van der Waals surface area (Å²) in [7, 11) is 0. The Kier molecular flexibility index (Phi) is 4.55. The van der Waals surface area contributed by atoms with Crippen molar-refractivity contribution in [2.45, 2.75) is 39.3 Å². The summed E-state index contributed by atoms with van der Waals surface area (Å²) in [5.74, 6) is -0.125. The van der Waals surface area contributed by atoms with Crippen LogP contribution in [-0.4, -0.2) is 28.2 Å². The van der Waals surface area contributed by atoms with E-state index in [1.165, 1.54) is 0 Å². The standard InChI is InChI=1S/C12H20N2O2/c1-4-10(8-15)13-12(16)11-6-5-7-14(11)9(2)3/h5-7,9-10,15H,4,8H2,1-3H3,(H,13,16). The third kappa shape index (κ3) is 2.85. The van der Waals surface area contributed by atoms with E-state index in [2.05, 4.69) is 5.32 Å². The van der Waals surface area contributed by atoms with Gasteiger partial charge in [-0.2, -0.15) is 0 Å². The largest absolute Gasteiger partial charge is 0.394 e. The number of rotatable bonds is 5. The highest BCUT2D eigenvalue weighted by Gasteiger charge is 2.15. The average molecular weight is 224 g/mol. The van der Waals surface area contributed by atoms with Crippen molar-refractivity contribution in [1.82, 2.24) is 9.88 Å². The Morgan fingerprint density at radius 1 is 1.56 bits per heavy atom. The Hall–Kier alpha value is -1.29. The van der Waals surface area contributed by atoms with Crippen molar-refractivity contribution in [3.8, 4) is 0 Å². The molecule has 0 saturated carbocycles. The van der Waals surface area contributed by atoms with Gasteiger partial charge >= 0.3 is 0 Å². The lowest BCUT2D eigenvalue weighted by Crippen LogP contribution is -2.38. The van der Waals surface area contributed by atoms with Gasteiger partial charge in [-0.15, -0.1) is 0 Å². The van der Waals surface area contributed by atoms with Crippen molar-refractivity contribution in [2.75, 3.05) is 6.61 Å². The molecular formula is C12H20N2O2. The highest BCUT2D eigenvalue weighted by molar-refractivity contribution is 5.93. The summed E-state index contributed by atoms with van der Waals surface area (Å²) in [6, 6.07) is 3.74. The Labute approximate surface area is 96.3 Å². The van der Waals surface area contributed by atoms with Gasteiger partial charge in [-0.05, 0) is 32.4 Å². The molecule has 0 saturated heterocycles. The predicted octanol–water partition coefficient (Wildman–Crippen LogP) is 1.57. The first-order valence-electron chi connectivity index (χ1n) is 5.68. The van der Waals surface area contributed by atoms with Crippen LogP contribution in [0.15, 0.2) is 18.3 Å². The normalized spacial score (nSPS) is 12.8. The number of nitrogens with zero attached hydrogens (tertiary/aromatic N) is 1. The molecule has 0 aliphatic rings. The Morgan fingerprint density at radius 3 is 2.75 bits per heavy atom. The molecular weight excluding hydrogens is 204 g/mol. The SMILES string of the molecule is CCC(CO)NC(=O)c1cccn1C(C)C. The summed E-state index contributed by atoms with van der Waals surface area (Å²) in [5, 5.41) is 11.8. The fourth-order valence-corrected chi connectivity index (χ4v) is 1.57. The van der Waals surface area contributed by atoms with Crippen LogP contribution < -0.4 is 5.32 Å². The number of nitrogens with one attached hydrogen (secondary N) is 1. The average Bonchev–Trinajstić information content (AvgIpc) is 2.74. The van der Waals surface area contributed by atoms with Crippen LogP contribution in [0.2, 0.25) is 0 Å². The smallest absolute Gasteiger partial charge is 0.268 e. The van der Waals surface area contributed by atoms with Gasteiger partial charge in [0.2, 0.25) is 0 Å². The Balaban J connectivity index is 2.76. The molecule has 90 valence electrons. The second-order valence-electron chi connectivity index (χ2n) is 4.16. The highest BCUT2D eigenvalue weighted by Crippen LogP contribution is 2.10. The van der Waals surface area contributed by atoms with Crippen LogP contribution >= 0.6 is 0 Å². The van der Waals surface area contributed by atoms with E-state index in [-0.39, 0.29) is 24.6 Å². The molecule has 1 amide bonds. The number of hydrogen-bond acceptors (Lipinski definition) is 2. The van der Waals surface area contributed by atoms with Crippen molar-refractivity contribution in [1.29, 1.82) is 0 Å². The van der Waals surface area contributed by atoms with Gasteiger partial charge in [-0.3, -0.25) is 4.79 Å². The monoisotopic (exact) mass is 224 g/mol. The maximum atomic E-state index is 11.9. The molecule has 0 aliphatic carbocycles. The topological polar surface area (TPSA) is 54.3 Å². The second kappa shape index (κ2) is 5.70. The number of aliphatic hydroxyl groups excluding tert-OH is 1. The number of carbonyl (C=O) groups is 1. The van der Waals surface area contributed by atoms with Gasteiger partial charge in [-0.25, -0.2) is 0 Å². The molecule has 1 aromatic heterocycles. The number of aliphatic hydroxyl groups is 1. The fraction of sp³-hybridized carbons (Fsp3) is 0.583. The van der Waals surface area contributed by atoms with Crippen molar-refractivity contribution >= 4 is 5.91 Å². The van der Waals surface area contributed by atoms with Crippen LogP contribution in [0, 0.1) is 0 Å². The summed E-state index contributed by atoms with van der Waals surface area (Å²) in [5.41, 5.74) is 0.641. The summed E-state index contributed by atoms with van der Waals surface area (Å²) < 4.78 is 1.92. The summed E-state index contributed by atoms with van der Waals surface area (Å²) in [6.45, 7) is 5.97. The Bertz CT molecular complexity index is 341. The van der Waals surface area contributed by atoms with Crippen LogP contribution in [0.25, 0.3) is 0 Å². The molecule has 0 spiro atoms. The number of amides is 1. The molecule has 0 radical (unpaired) electrons. The van der Waals surface area contributed by atoms with Gasteiger partial charge < -0.3 is 15.0 Å². The zero-order chi connectivity index (χ0) is 12.1. The third-order valence-corrected chi connectivity index (χ3v) is 2.62. The van der Waals surface area contributed by atoms with Crippen LogP contribution in [0.5, 0.6) is 0 Å². The molecule has 1 aromatic rings. The van der Waals surface area contributed by atoms with E-state index in [0.29, 0.717) is 5.69 Å². The highest BCUT2D eigenvalue weighted by atomic mass is 16.3. The van der Waals surface area contributed by atoms with Gasteiger partial charge in [0.05, 0.1) is 12.6 Å². The molecule has 0 fully saturated rings. The minimum atomic E-state index is -0.164. The van der Waals surface area contributed by atoms with E-state index >= 15 is 0 Å². The fourth-order valence-electron chi connectivity index (χ4n) is 1.57. The lowest BCUT2D eigenvalue weighted by molar-refractivity contribution is 0.0904. The quantitative estimate of drug-likeness (QED) is 0.797. The lowest BCUT2D eigenvalue weighted by Gasteiger charge is -2.16. The summed E-state index contributed by atoms with van der Waals surface area (Å²) in [6.07, 6.45) is 2.62. The van der Waals surface area contributed by atoms with Gasteiger partial charge in [-0.1, -0.05) is 6.92 Å². The lowest BCUT2D eigenvalue weighted by atomic mass is 10.2. The van der Waals surface area contributed by atoms with E-state index in [1.807, 2.05) is 37.6 Å². The molecule has 16 heavy (non-hydrogen) atoms. The first-order chi connectivity index (χ1) is 7.60. The van der Waals surface area contributed by atoms with Crippen LogP contribution in [0.4, 0.5) is 0 Å². The maximum absolute atomic E-state index is 11.9. The van der Waals surface area contributed by atoms with Gasteiger partial charge in [0.25, 0.3) is 5.91 Å². The van der Waals surface area contributed by atoms with Crippen molar-refractivity contribution in [3.63, 3.8) is 0 Å². The van der Waals surface area contributed by atoms with Crippen LogP contribution in [-0.2, 0) is 0 Å². The summed E-state index contributed by atoms with van der Waals surface area (Å²) in [4.78, 5) is 11.9. The Morgan fingerprint density at radius 2 is 2.25 bits per heavy atom. The van der Waals surface area contributed by atoms with Gasteiger partial charge in [0, 0.05) is 12.2 Å². The molecule has 0 bridgehead atoms. The second-order valence-corrected chi connectivity index (χ2v) is 4.16. The van der Waals surface area contributed by atoms with E-state index in [0.717, 1.165) is 6.42 Å². The van der Waals surface area contributed by atoms with Crippen molar-refractivity contribution in [3.05, 3.63) is 24.0 Å². The van der Waals surface area contributed by atoms with E-state index in [1.54, 1.807) is 6.07 Å². The van der Waals surface area contributed by atoms with Gasteiger partial charge in [0.1, 0.15) is 5.69 Å². The zero-order valence-electron chi connectivity index (χ0n) is 10.1. The molecule has 1 heterocycles. The number of hydrogen-bond donors (Lipinski definition) is 2. The predicted molar refractivity (Wildman–Crippen MR) is 63.4 cm³/mol. The molecule has 2 N–H and O–H groups in total.